The Morgan fingerprint density at radius 3 is 2.69 bits per heavy atom. The lowest BCUT2D eigenvalue weighted by Gasteiger charge is -2.47. The summed E-state index contributed by atoms with van der Waals surface area (Å²) in [4.78, 5) is 32.7. The highest BCUT2D eigenvalue weighted by Crippen LogP contribution is 2.46. The number of halogens is 2. The molecule has 2 unspecified atom stereocenters. The first kappa shape index (κ1) is 21.9. The van der Waals surface area contributed by atoms with Gasteiger partial charge in [-0.1, -0.05) is 11.6 Å². The lowest BCUT2D eigenvalue weighted by atomic mass is 9.61. The summed E-state index contributed by atoms with van der Waals surface area (Å²) < 4.78 is 17.4. The number of aryl methyl sites for hydroxylation is 1. The van der Waals surface area contributed by atoms with Crippen LogP contribution in [0.15, 0.2) is 24.8 Å². The van der Waals surface area contributed by atoms with Crippen molar-refractivity contribution in [3.05, 3.63) is 35.8 Å². The van der Waals surface area contributed by atoms with Crippen LogP contribution in [0.1, 0.15) is 25.7 Å². The maximum absolute atomic E-state index is 15.9. The van der Waals surface area contributed by atoms with E-state index in [1.165, 1.54) is 12.4 Å². The van der Waals surface area contributed by atoms with Crippen LogP contribution in [0.5, 0.6) is 0 Å². The third kappa shape index (κ3) is 3.70. The Bertz CT molecular complexity index is 1440. The van der Waals surface area contributed by atoms with Crippen molar-refractivity contribution in [1.29, 1.82) is 0 Å². The first-order valence-corrected chi connectivity index (χ1v) is 11.8. The third-order valence-electron chi connectivity index (χ3n) is 7.23. The molecule has 35 heavy (non-hydrogen) atoms. The number of hydrogen-bond acceptors (Lipinski definition) is 7. The number of anilines is 1. The van der Waals surface area contributed by atoms with Crippen molar-refractivity contribution in [2.45, 2.75) is 31.7 Å². The summed E-state index contributed by atoms with van der Waals surface area (Å²) in [6.45, 7) is 0. The van der Waals surface area contributed by atoms with E-state index in [1.54, 1.807) is 24.1 Å². The second-order valence-corrected chi connectivity index (χ2v) is 9.65. The summed E-state index contributed by atoms with van der Waals surface area (Å²) in [5.74, 6) is -1.73. The predicted octanol–water partition coefficient (Wildman–Crippen LogP) is 3.91. The van der Waals surface area contributed by atoms with E-state index in [9.17, 15) is 9.90 Å². The van der Waals surface area contributed by atoms with Gasteiger partial charge in [-0.25, -0.2) is 24.3 Å². The van der Waals surface area contributed by atoms with Gasteiger partial charge in [0.25, 0.3) is 0 Å². The number of nitrogens with zero attached hydrogens (tertiary/aromatic N) is 6. The van der Waals surface area contributed by atoms with Gasteiger partial charge in [0.2, 0.25) is 0 Å². The molecule has 0 saturated heterocycles. The Morgan fingerprint density at radius 2 is 1.97 bits per heavy atom. The number of aliphatic carboxylic acids is 1. The minimum Gasteiger partial charge on any atom is -0.481 e. The Labute approximate surface area is 204 Å². The molecule has 3 aliphatic rings. The molecule has 4 heterocycles. The number of aromatic amines is 1. The fraction of sp³-hybridized carbons (Fsp3) is 0.391. The number of H-pyrrole nitrogens is 1. The molecule has 0 aromatic carbocycles. The minimum atomic E-state index is -0.861. The number of carboxylic acids is 1. The normalized spacial score (nSPS) is 23.6. The maximum Gasteiger partial charge on any atom is 0.308 e. The van der Waals surface area contributed by atoms with Gasteiger partial charge in [0.15, 0.2) is 23.1 Å². The molecule has 180 valence electrons. The second-order valence-electron chi connectivity index (χ2n) is 9.26. The number of carboxylic acid groups (broad SMARTS) is 1. The van der Waals surface area contributed by atoms with Gasteiger partial charge in [-0.2, -0.15) is 5.10 Å². The van der Waals surface area contributed by atoms with E-state index >= 15 is 4.39 Å². The van der Waals surface area contributed by atoms with Crippen LogP contribution < -0.4 is 5.32 Å². The van der Waals surface area contributed by atoms with Crippen molar-refractivity contribution in [3.8, 4) is 22.6 Å². The topological polar surface area (TPSA) is 134 Å². The van der Waals surface area contributed by atoms with Crippen LogP contribution in [0.25, 0.3) is 33.8 Å². The van der Waals surface area contributed by atoms with Crippen molar-refractivity contribution in [1.82, 2.24) is 34.7 Å². The monoisotopic (exact) mass is 496 g/mol. The van der Waals surface area contributed by atoms with Gasteiger partial charge < -0.3 is 15.4 Å². The number of nitrogens with one attached hydrogen (secondary N) is 2. The van der Waals surface area contributed by atoms with E-state index < -0.39 is 23.7 Å². The van der Waals surface area contributed by atoms with Crippen LogP contribution in [0.4, 0.5) is 10.2 Å². The Hall–Kier alpha value is -3.60. The highest BCUT2D eigenvalue weighted by molar-refractivity contribution is 6.29. The molecule has 4 aromatic rings. The molecule has 3 aliphatic carbocycles. The molecule has 10 nitrogen and oxygen atoms in total. The van der Waals surface area contributed by atoms with Gasteiger partial charge >= 0.3 is 5.97 Å². The van der Waals surface area contributed by atoms with Crippen molar-refractivity contribution in [2.24, 2.45) is 24.8 Å². The zero-order valence-electron chi connectivity index (χ0n) is 18.7. The summed E-state index contributed by atoms with van der Waals surface area (Å²) in [5.41, 5.74) is 1.98. The van der Waals surface area contributed by atoms with Crippen LogP contribution in [-0.4, -0.2) is 51.8 Å². The zero-order chi connectivity index (χ0) is 24.3. The summed E-state index contributed by atoms with van der Waals surface area (Å²) >= 11 is 6.06. The quantitative estimate of drug-likeness (QED) is 0.378. The summed E-state index contributed by atoms with van der Waals surface area (Å²) in [7, 11) is 1.73. The Kier molecular flexibility index (Phi) is 5.17. The maximum atomic E-state index is 15.9. The lowest BCUT2D eigenvalue weighted by molar-refractivity contribution is -0.148. The van der Waals surface area contributed by atoms with Gasteiger partial charge in [0.1, 0.15) is 16.4 Å². The molecule has 3 N–H and O–H groups in total. The van der Waals surface area contributed by atoms with E-state index in [2.05, 4.69) is 35.3 Å². The molecule has 2 bridgehead atoms. The number of carbonyl (C=O) groups is 1. The van der Waals surface area contributed by atoms with E-state index in [1.807, 2.05) is 0 Å². The van der Waals surface area contributed by atoms with Crippen LogP contribution in [0.3, 0.4) is 0 Å². The van der Waals surface area contributed by atoms with Crippen LogP contribution in [0.2, 0.25) is 5.15 Å². The van der Waals surface area contributed by atoms with E-state index in [-0.39, 0.29) is 34.3 Å². The molecule has 2 atom stereocenters. The van der Waals surface area contributed by atoms with Gasteiger partial charge in [-0.15, -0.1) is 0 Å². The molecule has 12 heteroatoms. The number of rotatable bonds is 5. The highest BCUT2D eigenvalue weighted by Gasteiger charge is 2.47. The summed E-state index contributed by atoms with van der Waals surface area (Å²) in [5, 5.41) is 17.5. The summed E-state index contributed by atoms with van der Waals surface area (Å²) in [6, 6.07) is -0.420. The molecule has 4 aromatic heterocycles. The molecule has 0 radical (unpaired) electrons. The van der Waals surface area contributed by atoms with Crippen molar-refractivity contribution < 1.29 is 14.3 Å². The summed E-state index contributed by atoms with van der Waals surface area (Å²) in [6.07, 6.45) is 9.85. The van der Waals surface area contributed by atoms with Crippen molar-refractivity contribution >= 4 is 34.6 Å². The van der Waals surface area contributed by atoms with E-state index in [0.29, 0.717) is 22.3 Å². The Morgan fingerprint density at radius 1 is 1.20 bits per heavy atom. The average Bonchev–Trinajstić information content (AvgIpc) is 3.46. The molecule has 0 aliphatic heterocycles. The molecular formula is C23H22ClFN8O2. The molecule has 3 fully saturated rings. The second kappa shape index (κ2) is 8.26. The van der Waals surface area contributed by atoms with Gasteiger partial charge in [0, 0.05) is 31.0 Å². The van der Waals surface area contributed by atoms with Gasteiger partial charge in [-0.05, 0) is 37.5 Å². The molecule has 7 rings (SSSR count). The number of hydrogen-bond donors (Lipinski definition) is 3. The standard InChI is InChI=1S/C23H22ClFN8O2/c1-33-9-12(6-28-33)18-16(25)21(30-17-11-4-2-10(3-5-11)15(17)23(34)35)32-20(31-18)13-7-26-22-19(13)29-14(24)8-27-22/h6-11,15,17H,2-5H2,1H3,(H,26,27)(H,34,35)(H,30,31,32). The largest absolute Gasteiger partial charge is 0.481 e. The molecular weight excluding hydrogens is 475 g/mol. The first-order chi connectivity index (χ1) is 16.9. The Balaban J connectivity index is 1.50. The lowest BCUT2D eigenvalue weighted by Crippen LogP contribution is -2.51. The van der Waals surface area contributed by atoms with Crippen molar-refractivity contribution in [2.75, 3.05) is 5.32 Å². The minimum absolute atomic E-state index is 0.0398. The first-order valence-electron chi connectivity index (χ1n) is 11.4. The van der Waals surface area contributed by atoms with E-state index in [4.69, 9.17) is 11.6 Å². The third-order valence-corrected chi connectivity index (χ3v) is 7.41. The molecule has 0 amide bonds. The fourth-order valence-electron chi connectivity index (χ4n) is 5.61. The van der Waals surface area contributed by atoms with Crippen LogP contribution in [0, 0.1) is 23.6 Å². The number of aromatic nitrogens is 7. The van der Waals surface area contributed by atoms with Crippen LogP contribution >= 0.6 is 11.6 Å². The smallest absolute Gasteiger partial charge is 0.308 e. The predicted molar refractivity (Wildman–Crippen MR) is 126 cm³/mol. The highest BCUT2D eigenvalue weighted by atomic mass is 35.5. The molecule has 3 saturated carbocycles. The SMILES string of the molecule is Cn1cc(-c2nc(-c3c[nH]c4ncc(Cl)nc34)nc(NC3C4CCC(CC4)C3C(=O)O)c2F)cn1. The molecule has 0 spiro atoms. The van der Waals surface area contributed by atoms with Gasteiger partial charge in [-0.3, -0.25) is 9.48 Å². The fourth-order valence-corrected chi connectivity index (χ4v) is 5.74. The van der Waals surface area contributed by atoms with Crippen molar-refractivity contribution in [3.63, 3.8) is 0 Å². The van der Waals surface area contributed by atoms with E-state index in [0.717, 1.165) is 25.7 Å². The van der Waals surface area contributed by atoms with Crippen LogP contribution in [-0.2, 0) is 11.8 Å². The van der Waals surface area contributed by atoms with Gasteiger partial charge in [0.05, 0.1) is 23.9 Å². The average molecular weight is 497 g/mol. The zero-order valence-corrected chi connectivity index (χ0v) is 19.5. The number of fused-ring (bicyclic) bond motifs is 4.